The largest absolute Gasteiger partial charge is 0.461 e. The van der Waals surface area contributed by atoms with Gasteiger partial charge in [0.1, 0.15) is 18.7 Å². The van der Waals surface area contributed by atoms with Crippen molar-refractivity contribution in [3.8, 4) is 0 Å². The van der Waals surface area contributed by atoms with Crippen LogP contribution in [-0.2, 0) is 40.0 Å². The summed E-state index contributed by atoms with van der Waals surface area (Å²) in [5.41, 5.74) is 1.33. The first-order valence-electron chi connectivity index (χ1n) is 11.8. The Morgan fingerprint density at radius 1 is 0.857 bits per heavy atom. The molecule has 3 amide bonds. The maximum atomic E-state index is 12.7. The van der Waals surface area contributed by atoms with Crippen molar-refractivity contribution in [2.24, 2.45) is 11.8 Å². The Labute approximate surface area is 207 Å². The van der Waals surface area contributed by atoms with Crippen LogP contribution in [0.2, 0.25) is 0 Å². The Hall–Kier alpha value is -2.98. The third-order valence-electron chi connectivity index (χ3n) is 5.00. The Kier molecular flexibility index (Phi) is 13.6. The second-order valence-electron chi connectivity index (χ2n) is 8.82. The summed E-state index contributed by atoms with van der Waals surface area (Å²) < 4.78 is 15.3. The molecule has 196 valence electrons. The van der Waals surface area contributed by atoms with Gasteiger partial charge in [-0.15, -0.1) is 0 Å². The van der Waals surface area contributed by atoms with Crippen molar-refractivity contribution in [3.05, 3.63) is 29.8 Å². The molecule has 1 rings (SSSR count). The Balaban J connectivity index is 2.54. The summed E-state index contributed by atoms with van der Waals surface area (Å²) >= 11 is 0. The SMILES string of the molecule is COCCOCCC(=O)N[C@H](C(=O)N[C@@H](C)C(=O)Nc1ccc(COC(=O)C(C)C)cc1)C(C)C. The average Bonchev–Trinajstić information content (AvgIpc) is 2.81. The molecule has 0 aromatic heterocycles. The quantitative estimate of drug-likeness (QED) is 0.252. The molecule has 0 bridgehead atoms. The molecule has 2 atom stereocenters. The lowest BCUT2D eigenvalue weighted by molar-refractivity contribution is -0.148. The lowest BCUT2D eigenvalue weighted by atomic mass is 10.0. The van der Waals surface area contributed by atoms with Gasteiger partial charge < -0.3 is 30.2 Å². The van der Waals surface area contributed by atoms with Gasteiger partial charge in [0.2, 0.25) is 17.7 Å². The first kappa shape index (κ1) is 30.1. The Bertz CT molecular complexity index is 825. The molecule has 0 spiro atoms. The van der Waals surface area contributed by atoms with Gasteiger partial charge in [0, 0.05) is 19.2 Å². The van der Waals surface area contributed by atoms with Crippen LogP contribution < -0.4 is 16.0 Å². The summed E-state index contributed by atoms with van der Waals surface area (Å²) in [6.45, 7) is 9.91. The highest BCUT2D eigenvalue weighted by atomic mass is 16.5. The van der Waals surface area contributed by atoms with Crippen LogP contribution >= 0.6 is 0 Å². The predicted octanol–water partition coefficient (Wildman–Crippen LogP) is 2.02. The highest BCUT2D eigenvalue weighted by Crippen LogP contribution is 2.12. The first-order chi connectivity index (χ1) is 16.5. The Morgan fingerprint density at radius 3 is 2.09 bits per heavy atom. The van der Waals surface area contributed by atoms with Gasteiger partial charge in [-0.2, -0.15) is 0 Å². The van der Waals surface area contributed by atoms with Crippen molar-refractivity contribution >= 4 is 29.4 Å². The second kappa shape index (κ2) is 15.8. The van der Waals surface area contributed by atoms with Crippen molar-refractivity contribution in [2.75, 3.05) is 32.2 Å². The summed E-state index contributed by atoms with van der Waals surface area (Å²) in [5.74, 6) is -1.82. The molecule has 0 saturated carbocycles. The minimum atomic E-state index is -0.829. The molecular weight excluding hydrogens is 454 g/mol. The van der Waals surface area contributed by atoms with Crippen LogP contribution in [-0.4, -0.2) is 62.7 Å². The summed E-state index contributed by atoms with van der Waals surface area (Å²) in [7, 11) is 1.56. The van der Waals surface area contributed by atoms with E-state index in [1.54, 1.807) is 52.1 Å². The topological polar surface area (TPSA) is 132 Å². The summed E-state index contributed by atoms with van der Waals surface area (Å²) in [6, 6.07) is 5.26. The zero-order valence-corrected chi connectivity index (χ0v) is 21.5. The summed E-state index contributed by atoms with van der Waals surface area (Å²) in [6.07, 6.45) is 0.114. The van der Waals surface area contributed by atoms with E-state index >= 15 is 0 Å². The normalized spacial score (nSPS) is 12.7. The summed E-state index contributed by atoms with van der Waals surface area (Å²) in [5, 5.41) is 8.09. The number of hydrogen-bond acceptors (Lipinski definition) is 7. The lowest BCUT2D eigenvalue weighted by Crippen LogP contribution is -2.53. The smallest absolute Gasteiger partial charge is 0.308 e. The molecule has 0 saturated heterocycles. The van der Waals surface area contributed by atoms with Gasteiger partial charge in [-0.05, 0) is 30.5 Å². The number of carbonyl (C=O) groups is 4. The zero-order chi connectivity index (χ0) is 26.4. The first-order valence-corrected chi connectivity index (χ1v) is 11.8. The maximum Gasteiger partial charge on any atom is 0.308 e. The monoisotopic (exact) mass is 493 g/mol. The molecule has 0 aliphatic rings. The molecule has 0 heterocycles. The van der Waals surface area contributed by atoms with Crippen LogP contribution in [0.3, 0.4) is 0 Å². The van der Waals surface area contributed by atoms with Crippen LogP contribution in [0.4, 0.5) is 5.69 Å². The van der Waals surface area contributed by atoms with Crippen LogP contribution in [0, 0.1) is 11.8 Å². The molecular formula is C25H39N3O7. The van der Waals surface area contributed by atoms with E-state index < -0.39 is 23.9 Å². The van der Waals surface area contributed by atoms with Crippen LogP contribution in [0.5, 0.6) is 0 Å². The van der Waals surface area contributed by atoms with Crippen LogP contribution in [0.25, 0.3) is 0 Å². The predicted molar refractivity (Wildman–Crippen MR) is 131 cm³/mol. The fourth-order valence-corrected chi connectivity index (χ4v) is 2.81. The van der Waals surface area contributed by atoms with Gasteiger partial charge >= 0.3 is 5.97 Å². The number of nitrogens with one attached hydrogen (secondary N) is 3. The van der Waals surface area contributed by atoms with Gasteiger partial charge in [-0.3, -0.25) is 19.2 Å². The standard InChI is InChI=1S/C25H39N3O7/c1-16(2)22(28-21(29)11-12-34-14-13-33-6)24(31)26-18(5)23(30)27-20-9-7-19(8-10-20)15-35-25(32)17(3)4/h7-10,16-18,22H,11-15H2,1-6H3,(H,26,31)(H,27,30)(H,28,29)/t18-,22-/m0/s1. The number of methoxy groups -OCH3 is 1. The van der Waals surface area contributed by atoms with Gasteiger partial charge in [0.25, 0.3) is 0 Å². The fourth-order valence-electron chi connectivity index (χ4n) is 2.81. The third-order valence-corrected chi connectivity index (χ3v) is 5.00. The molecule has 3 N–H and O–H groups in total. The third kappa shape index (κ3) is 11.8. The molecule has 35 heavy (non-hydrogen) atoms. The molecule has 0 radical (unpaired) electrons. The van der Waals surface area contributed by atoms with E-state index in [9.17, 15) is 19.2 Å². The maximum absolute atomic E-state index is 12.7. The molecule has 1 aromatic rings. The molecule has 0 aliphatic heterocycles. The van der Waals surface area contributed by atoms with E-state index in [4.69, 9.17) is 14.2 Å². The van der Waals surface area contributed by atoms with Gasteiger partial charge in [-0.25, -0.2) is 0 Å². The van der Waals surface area contributed by atoms with Crippen LogP contribution in [0.1, 0.15) is 46.6 Å². The van der Waals surface area contributed by atoms with E-state index in [0.717, 1.165) is 5.56 Å². The number of carbonyl (C=O) groups excluding carboxylic acids is 4. The van der Waals surface area contributed by atoms with Crippen molar-refractivity contribution in [3.63, 3.8) is 0 Å². The molecule has 0 fully saturated rings. The van der Waals surface area contributed by atoms with Crippen molar-refractivity contribution < 1.29 is 33.4 Å². The van der Waals surface area contributed by atoms with E-state index in [-0.39, 0.29) is 43.3 Å². The fraction of sp³-hybridized carbons (Fsp3) is 0.600. The van der Waals surface area contributed by atoms with Gasteiger partial charge in [0.15, 0.2) is 0 Å². The van der Waals surface area contributed by atoms with E-state index in [1.165, 1.54) is 0 Å². The van der Waals surface area contributed by atoms with Gasteiger partial charge in [0.05, 0.1) is 25.7 Å². The number of esters is 1. The minimum Gasteiger partial charge on any atom is -0.461 e. The lowest BCUT2D eigenvalue weighted by Gasteiger charge is -2.24. The second-order valence-corrected chi connectivity index (χ2v) is 8.82. The zero-order valence-electron chi connectivity index (χ0n) is 21.5. The number of ether oxygens (including phenoxy) is 3. The van der Waals surface area contributed by atoms with Crippen molar-refractivity contribution in [1.82, 2.24) is 10.6 Å². The van der Waals surface area contributed by atoms with Crippen molar-refractivity contribution in [2.45, 2.75) is 59.7 Å². The number of amides is 3. The average molecular weight is 494 g/mol. The highest BCUT2D eigenvalue weighted by molar-refractivity contribution is 5.98. The molecule has 0 unspecified atom stereocenters. The molecule has 10 heteroatoms. The van der Waals surface area contributed by atoms with Gasteiger partial charge in [-0.1, -0.05) is 39.8 Å². The van der Waals surface area contributed by atoms with Crippen molar-refractivity contribution in [1.29, 1.82) is 0 Å². The molecule has 0 aliphatic carbocycles. The highest BCUT2D eigenvalue weighted by Gasteiger charge is 2.27. The summed E-state index contributed by atoms with van der Waals surface area (Å²) in [4.78, 5) is 49.0. The number of benzene rings is 1. The number of hydrogen-bond donors (Lipinski definition) is 3. The Morgan fingerprint density at radius 2 is 1.51 bits per heavy atom. The number of anilines is 1. The molecule has 1 aromatic carbocycles. The minimum absolute atomic E-state index is 0.114. The van der Waals surface area contributed by atoms with E-state index in [0.29, 0.717) is 18.9 Å². The molecule has 10 nitrogen and oxygen atoms in total. The van der Waals surface area contributed by atoms with E-state index in [2.05, 4.69) is 16.0 Å². The number of rotatable bonds is 15. The van der Waals surface area contributed by atoms with Crippen LogP contribution in [0.15, 0.2) is 24.3 Å². The van der Waals surface area contributed by atoms with E-state index in [1.807, 2.05) is 13.8 Å².